The molecule has 0 atom stereocenters. The molecular formula is C23H18O3. The minimum absolute atomic E-state index is 0.463. The second-order valence-electron chi connectivity index (χ2n) is 5.76. The Morgan fingerprint density at radius 2 is 1.31 bits per heavy atom. The van der Waals surface area contributed by atoms with E-state index in [0.29, 0.717) is 5.75 Å². The Kier molecular flexibility index (Phi) is 5.36. The van der Waals surface area contributed by atoms with Gasteiger partial charge in [0.1, 0.15) is 11.5 Å². The monoisotopic (exact) mass is 342 g/mol. The average Bonchev–Trinajstić information content (AvgIpc) is 2.68. The lowest BCUT2D eigenvalue weighted by Gasteiger charge is -2.05. The largest absolute Gasteiger partial charge is 0.497 e. The van der Waals surface area contributed by atoms with Crippen molar-refractivity contribution in [2.75, 3.05) is 7.11 Å². The third kappa shape index (κ3) is 4.52. The SMILES string of the molecule is COc1ccc(-c2ccc(OC(=O)C#Cc3ccc(C)cc3)cc2)cc1. The van der Waals surface area contributed by atoms with Crippen molar-refractivity contribution in [1.29, 1.82) is 0 Å². The van der Waals surface area contributed by atoms with Gasteiger partial charge in [0.25, 0.3) is 0 Å². The van der Waals surface area contributed by atoms with Crippen molar-refractivity contribution in [3.05, 3.63) is 83.9 Å². The van der Waals surface area contributed by atoms with Gasteiger partial charge in [0, 0.05) is 11.5 Å². The molecule has 3 heteroatoms. The maximum Gasteiger partial charge on any atom is 0.390 e. The summed E-state index contributed by atoms with van der Waals surface area (Å²) in [5.41, 5.74) is 4.01. The Labute approximate surface area is 153 Å². The van der Waals surface area contributed by atoms with E-state index in [-0.39, 0.29) is 0 Å². The van der Waals surface area contributed by atoms with Crippen LogP contribution in [0.3, 0.4) is 0 Å². The van der Waals surface area contributed by atoms with Gasteiger partial charge < -0.3 is 9.47 Å². The molecule has 0 radical (unpaired) electrons. The van der Waals surface area contributed by atoms with Crippen LogP contribution >= 0.6 is 0 Å². The molecule has 0 saturated heterocycles. The molecule has 0 aliphatic carbocycles. The van der Waals surface area contributed by atoms with Crippen molar-refractivity contribution in [2.24, 2.45) is 0 Å². The summed E-state index contributed by atoms with van der Waals surface area (Å²) in [6.45, 7) is 2.00. The van der Waals surface area contributed by atoms with Crippen LogP contribution in [0.5, 0.6) is 11.5 Å². The number of aryl methyl sites for hydroxylation is 1. The first-order chi connectivity index (χ1) is 12.6. The summed E-state index contributed by atoms with van der Waals surface area (Å²) in [7, 11) is 1.64. The van der Waals surface area contributed by atoms with Crippen LogP contribution in [0.2, 0.25) is 0 Å². The fourth-order valence-electron chi connectivity index (χ4n) is 2.39. The van der Waals surface area contributed by atoms with E-state index < -0.39 is 5.97 Å². The molecule has 0 aliphatic heterocycles. The van der Waals surface area contributed by atoms with E-state index in [4.69, 9.17) is 9.47 Å². The normalized spacial score (nSPS) is 9.77. The van der Waals surface area contributed by atoms with Gasteiger partial charge in [-0.3, -0.25) is 0 Å². The van der Waals surface area contributed by atoms with Crippen LogP contribution in [0.15, 0.2) is 72.8 Å². The summed E-state index contributed by atoms with van der Waals surface area (Å²) in [6.07, 6.45) is 0. The van der Waals surface area contributed by atoms with Crippen LogP contribution in [-0.2, 0) is 4.79 Å². The van der Waals surface area contributed by atoms with E-state index in [0.717, 1.165) is 28.0 Å². The number of benzene rings is 3. The van der Waals surface area contributed by atoms with E-state index in [9.17, 15) is 4.79 Å². The molecule has 0 saturated carbocycles. The van der Waals surface area contributed by atoms with E-state index in [1.165, 1.54) is 0 Å². The molecule has 0 N–H and O–H groups in total. The number of hydrogen-bond acceptors (Lipinski definition) is 3. The van der Waals surface area contributed by atoms with Gasteiger partial charge in [0.15, 0.2) is 0 Å². The molecule has 26 heavy (non-hydrogen) atoms. The zero-order valence-electron chi connectivity index (χ0n) is 14.7. The lowest BCUT2D eigenvalue weighted by molar-refractivity contribution is -0.128. The average molecular weight is 342 g/mol. The van der Waals surface area contributed by atoms with Crippen LogP contribution in [0, 0.1) is 18.8 Å². The lowest BCUT2D eigenvalue weighted by Crippen LogP contribution is -2.04. The molecular weight excluding hydrogens is 324 g/mol. The molecule has 0 aliphatic rings. The minimum atomic E-state index is -0.581. The molecule has 128 valence electrons. The highest BCUT2D eigenvalue weighted by Crippen LogP contribution is 2.24. The summed E-state index contributed by atoms with van der Waals surface area (Å²) in [5, 5.41) is 0. The molecule has 0 aromatic heterocycles. The van der Waals surface area contributed by atoms with Crippen LogP contribution in [0.4, 0.5) is 0 Å². The molecule has 3 rings (SSSR count). The third-order valence-electron chi connectivity index (χ3n) is 3.85. The Bertz CT molecular complexity index is 942. The highest BCUT2D eigenvalue weighted by atomic mass is 16.5. The third-order valence-corrected chi connectivity index (χ3v) is 3.85. The Hall–Kier alpha value is -3.51. The number of methoxy groups -OCH3 is 1. The molecule has 0 bridgehead atoms. The maximum atomic E-state index is 11.9. The smallest absolute Gasteiger partial charge is 0.390 e. The van der Waals surface area contributed by atoms with Gasteiger partial charge in [0.2, 0.25) is 0 Å². The van der Waals surface area contributed by atoms with Crippen LogP contribution < -0.4 is 9.47 Å². The summed E-state index contributed by atoms with van der Waals surface area (Å²) in [6, 6.07) is 22.7. The first-order valence-electron chi connectivity index (χ1n) is 8.19. The molecule has 0 fully saturated rings. The Morgan fingerprint density at radius 3 is 1.85 bits per heavy atom. The van der Waals surface area contributed by atoms with E-state index in [1.54, 1.807) is 19.2 Å². The van der Waals surface area contributed by atoms with Crippen molar-refractivity contribution < 1.29 is 14.3 Å². The minimum Gasteiger partial charge on any atom is -0.497 e. The number of hydrogen-bond donors (Lipinski definition) is 0. The van der Waals surface area contributed by atoms with Crippen LogP contribution in [-0.4, -0.2) is 13.1 Å². The number of esters is 1. The van der Waals surface area contributed by atoms with Gasteiger partial charge >= 0.3 is 5.97 Å². The first-order valence-corrected chi connectivity index (χ1v) is 8.19. The van der Waals surface area contributed by atoms with E-state index in [1.807, 2.05) is 67.6 Å². The van der Waals surface area contributed by atoms with Gasteiger partial charge in [-0.25, -0.2) is 4.79 Å². The molecule has 3 aromatic rings. The van der Waals surface area contributed by atoms with Crippen molar-refractivity contribution >= 4 is 5.97 Å². The Balaban J connectivity index is 1.65. The van der Waals surface area contributed by atoms with Crippen LogP contribution in [0.25, 0.3) is 11.1 Å². The number of rotatable bonds is 3. The number of ether oxygens (including phenoxy) is 2. The quantitative estimate of drug-likeness (QED) is 0.395. The fourth-order valence-corrected chi connectivity index (χ4v) is 2.39. The van der Waals surface area contributed by atoms with Gasteiger partial charge in [-0.05, 0) is 54.4 Å². The number of carbonyl (C=O) groups excluding carboxylic acids is 1. The standard InChI is InChI=1S/C23H18O3/c1-17-3-5-18(6-4-17)7-16-23(24)26-22-14-10-20(11-15-22)19-8-12-21(25-2)13-9-19/h3-6,8-15H,1-2H3. The van der Waals surface area contributed by atoms with Gasteiger partial charge in [-0.15, -0.1) is 0 Å². The first kappa shape index (κ1) is 17.3. The Morgan fingerprint density at radius 1 is 0.769 bits per heavy atom. The molecule has 3 aromatic carbocycles. The van der Waals surface area contributed by atoms with Crippen molar-refractivity contribution in [3.63, 3.8) is 0 Å². The van der Waals surface area contributed by atoms with Crippen molar-refractivity contribution in [3.8, 4) is 34.5 Å². The number of carbonyl (C=O) groups is 1. The highest BCUT2D eigenvalue weighted by Gasteiger charge is 2.03. The predicted octanol–water partition coefficient (Wildman–Crippen LogP) is 4.63. The summed E-state index contributed by atoms with van der Waals surface area (Å²) in [4.78, 5) is 11.9. The van der Waals surface area contributed by atoms with Crippen LogP contribution in [0.1, 0.15) is 11.1 Å². The van der Waals surface area contributed by atoms with Crippen molar-refractivity contribution in [1.82, 2.24) is 0 Å². The van der Waals surface area contributed by atoms with E-state index in [2.05, 4.69) is 11.8 Å². The highest BCUT2D eigenvalue weighted by molar-refractivity contribution is 5.90. The van der Waals surface area contributed by atoms with Crippen molar-refractivity contribution in [2.45, 2.75) is 6.92 Å². The summed E-state index contributed by atoms with van der Waals surface area (Å²) >= 11 is 0. The molecule has 0 amide bonds. The van der Waals surface area contributed by atoms with Gasteiger partial charge in [0.05, 0.1) is 7.11 Å². The topological polar surface area (TPSA) is 35.5 Å². The molecule has 3 nitrogen and oxygen atoms in total. The van der Waals surface area contributed by atoms with E-state index >= 15 is 0 Å². The molecule has 0 spiro atoms. The molecule has 0 unspecified atom stereocenters. The zero-order chi connectivity index (χ0) is 18.4. The lowest BCUT2D eigenvalue weighted by atomic mass is 10.1. The predicted molar refractivity (Wildman–Crippen MR) is 102 cm³/mol. The second-order valence-corrected chi connectivity index (χ2v) is 5.76. The molecule has 0 heterocycles. The zero-order valence-corrected chi connectivity index (χ0v) is 14.7. The fraction of sp³-hybridized carbons (Fsp3) is 0.0870. The summed E-state index contributed by atoms with van der Waals surface area (Å²) < 4.78 is 10.4. The maximum absolute atomic E-state index is 11.9. The second kappa shape index (κ2) is 8.04. The van der Waals surface area contributed by atoms with Gasteiger partial charge in [-0.1, -0.05) is 47.9 Å². The van der Waals surface area contributed by atoms with Gasteiger partial charge in [-0.2, -0.15) is 0 Å². The summed E-state index contributed by atoms with van der Waals surface area (Å²) in [5.74, 6) is 6.00.